The fraction of sp³-hybridized carbons (Fsp3) is 0.375. The van der Waals surface area contributed by atoms with E-state index in [4.69, 9.17) is 19.3 Å². The number of fused-ring (bicyclic) bond motifs is 1. The number of rotatable bonds is 9. The van der Waals surface area contributed by atoms with E-state index in [-0.39, 0.29) is 6.61 Å². The van der Waals surface area contributed by atoms with Crippen molar-refractivity contribution in [1.29, 1.82) is 0 Å². The molecule has 2 rings (SSSR count). The first-order chi connectivity index (χ1) is 9.92. The molecule has 108 valence electrons. The molecule has 0 heterocycles. The lowest BCUT2D eigenvalue weighted by Crippen LogP contribution is -2.12. The van der Waals surface area contributed by atoms with Crippen molar-refractivity contribution in [1.82, 2.24) is 0 Å². The van der Waals surface area contributed by atoms with E-state index in [2.05, 4.69) is 12.1 Å². The molecule has 0 aliphatic rings. The van der Waals surface area contributed by atoms with Crippen molar-refractivity contribution in [3.8, 4) is 5.75 Å². The normalized spacial score (nSPS) is 10.8. The Labute approximate surface area is 118 Å². The SMILES string of the molecule is OCCOCCOCCOc1cccc2ccccc12. The van der Waals surface area contributed by atoms with Crippen LogP contribution < -0.4 is 4.74 Å². The molecule has 0 aliphatic carbocycles. The summed E-state index contributed by atoms with van der Waals surface area (Å²) in [5, 5.41) is 10.8. The number of aliphatic hydroxyl groups excluding tert-OH is 1. The number of ether oxygens (including phenoxy) is 3. The molecule has 20 heavy (non-hydrogen) atoms. The van der Waals surface area contributed by atoms with E-state index in [0.29, 0.717) is 33.0 Å². The van der Waals surface area contributed by atoms with Crippen molar-refractivity contribution in [2.45, 2.75) is 0 Å². The molecular formula is C16H20O4. The summed E-state index contributed by atoms with van der Waals surface area (Å²) in [4.78, 5) is 0. The first-order valence-electron chi connectivity index (χ1n) is 6.79. The van der Waals surface area contributed by atoms with Gasteiger partial charge in [0.05, 0.1) is 33.0 Å². The molecule has 0 aromatic heterocycles. The van der Waals surface area contributed by atoms with Gasteiger partial charge in [-0.15, -0.1) is 0 Å². The van der Waals surface area contributed by atoms with Gasteiger partial charge in [0.2, 0.25) is 0 Å². The second kappa shape index (κ2) is 8.53. The summed E-state index contributed by atoms with van der Waals surface area (Å²) in [6.07, 6.45) is 0. The molecule has 0 spiro atoms. The van der Waals surface area contributed by atoms with Crippen LogP contribution in [0, 0.1) is 0 Å². The minimum absolute atomic E-state index is 0.0458. The van der Waals surface area contributed by atoms with Gasteiger partial charge in [-0.3, -0.25) is 0 Å². The summed E-state index contributed by atoms with van der Waals surface area (Å²) in [5.74, 6) is 0.878. The lowest BCUT2D eigenvalue weighted by Gasteiger charge is -2.09. The highest BCUT2D eigenvalue weighted by atomic mass is 16.5. The highest BCUT2D eigenvalue weighted by Gasteiger charge is 2.00. The van der Waals surface area contributed by atoms with Crippen LogP contribution in [0.2, 0.25) is 0 Å². The molecule has 0 atom stereocenters. The summed E-state index contributed by atoms with van der Waals surface area (Å²) >= 11 is 0. The van der Waals surface area contributed by atoms with Crippen molar-refractivity contribution in [2.75, 3.05) is 39.6 Å². The molecule has 0 saturated carbocycles. The van der Waals surface area contributed by atoms with Crippen molar-refractivity contribution >= 4 is 10.8 Å². The Morgan fingerprint density at radius 3 is 2.30 bits per heavy atom. The van der Waals surface area contributed by atoms with Gasteiger partial charge in [0.25, 0.3) is 0 Å². The van der Waals surface area contributed by atoms with E-state index in [1.54, 1.807) is 0 Å². The van der Waals surface area contributed by atoms with Crippen molar-refractivity contribution in [2.24, 2.45) is 0 Å². The summed E-state index contributed by atoms with van der Waals surface area (Å²) in [5.41, 5.74) is 0. The Morgan fingerprint density at radius 2 is 1.45 bits per heavy atom. The van der Waals surface area contributed by atoms with Gasteiger partial charge in [0, 0.05) is 5.39 Å². The van der Waals surface area contributed by atoms with Gasteiger partial charge < -0.3 is 19.3 Å². The maximum absolute atomic E-state index is 8.53. The number of hydrogen-bond acceptors (Lipinski definition) is 4. The Morgan fingerprint density at radius 1 is 0.750 bits per heavy atom. The molecule has 0 fully saturated rings. The highest BCUT2D eigenvalue weighted by molar-refractivity contribution is 5.88. The predicted octanol–water partition coefficient (Wildman–Crippen LogP) is 2.24. The topological polar surface area (TPSA) is 47.9 Å². The van der Waals surface area contributed by atoms with E-state index < -0.39 is 0 Å². The van der Waals surface area contributed by atoms with Crippen LogP contribution in [0.3, 0.4) is 0 Å². The zero-order valence-corrected chi connectivity index (χ0v) is 11.5. The van der Waals surface area contributed by atoms with E-state index in [0.717, 1.165) is 11.1 Å². The van der Waals surface area contributed by atoms with Crippen LogP contribution in [0.4, 0.5) is 0 Å². The molecule has 0 radical (unpaired) electrons. The quantitative estimate of drug-likeness (QED) is 0.714. The van der Waals surface area contributed by atoms with Crippen LogP contribution in [-0.4, -0.2) is 44.7 Å². The van der Waals surface area contributed by atoms with E-state index in [1.807, 2.05) is 30.3 Å². The minimum atomic E-state index is 0.0458. The fourth-order valence-electron chi connectivity index (χ4n) is 1.92. The third-order valence-corrected chi connectivity index (χ3v) is 2.84. The zero-order chi connectivity index (χ0) is 14.0. The van der Waals surface area contributed by atoms with E-state index in [9.17, 15) is 0 Å². The van der Waals surface area contributed by atoms with E-state index >= 15 is 0 Å². The molecular weight excluding hydrogens is 256 g/mol. The molecule has 2 aromatic carbocycles. The fourth-order valence-corrected chi connectivity index (χ4v) is 1.92. The molecule has 1 N–H and O–H groups in total. The Kier molecular flexibility index (Phi) is 6.31. The Hall–Kier alpha value is -1.62. The standard InChI is InChI=1S/C16H20O4/c17-8-9-18-10-11-19-12-13-20-16-7-3-5-14-4-1-2-6-15(14)16/h1-7,17H,8-13H2. The van der Waals surface area contributed by atoms with Gasteiger partial charge in [0.1, 0.15) is 12.4 Å². The molecule has 0 amide bonds. The first-order valence-corrected chi connectivity index (χ1v) is 6.79. The monoisotopic (exact) mass is 276 g/mol. The van der Waals surface area contributed by atoms with Gasteiger partial charge in [-0.05, 0) is 11.5 Å². The number of aliphatic hydroxyl groups is 1. The average molecular weight is 276 g/mol. The molecule has 0 unspecified atom stereocenters. The summed E-state index contributed by atoms with van der Waals surface area (Å²) < 4.78 is 16.2. The highest BCUT2D eigenvalue weighted by Crippen LogP contribution is 2.24. The molecule has 0 aliphatic heterocycles. The molecule has 4 heteroatoms. The van der Waals surface area contributed by atoms with Gasteiger partial charge in [-0.2, -0.15) is 0 Å². The lowest BCUT2D eigenvalue weighted by atomic mass is 10.1. The van der Waals surface area contributed by atoms with Crippen LogP contribution in [0.5, 0.6) is 5.75 Å². The van der Waals surface area contributed by atoms with Crippen LogP contribution in [0.1, 0.15) is 0 Å². The minimum Gasteiger partial charge on any atom is -0.491 e. The molecule has 0 bridgehead atoms. The maximum Gasteiger partial charge on any atom is 0.127 e. The van der Waals surface area contributed by atoms with Crippen LogP contribution >= 0.6 is 0 Å². The molecule has 0 saturated heterocycles. The molecule has 4 nitrogen and oxygen atoms in total. The predicted molar refractivity (Wildman–Crippen MR) is 78.2 cm³/mol. The smallest absolute Gasteiger partial charge is 0.127 e. The summed E-state index contributed by atoms with van der Waals surface area (Å²) in [7, 11) is 0. The number of benzene rings is 2. The second-order valence-electron chi connectivity index (χ2n) is 4.27. The largest absolute Gasteiger partial charge is 0.491 e. The average Bonchev–Trinajstić information content (AvgIpc) is 2.50. The summed E-state index contributed by atoms with van der Waals surface area (Å²) in [6.45, 7) is 2.44. The van der Waals surface area contributed by atoms with Gasteiger partial charge >= 0.3 is 0 Å². The van der Waals surface area contributed by atoms with E-state index in [1.165, 1.54) is 5.39 Å². The lowest BCUT2D eigenvalue weighted by molar-refractivity contribution is 0.0248. The maximum atomic E-state index is 8.53. The number of hydrogen-bond donors (Lipinski definition) is 1. The first kappa shape index (κ1) is 14.8. The van der Waals surface area contributed by atoms with Crippen LogP contribution in [0.15, 0.2) is 42.5 Å². The van der Waals surface area contributed by atoms with Crippen LogP contribution in [-0.2, 0) is 9.47 Å². The summed E-state index contributed by atoms with van der Waals surface area (Å²) in [6, 6.07) is 14.2. The van der Waals surface area contributed by atoms with Gasteiger partial charge in [-0.25, -0.2) is 0 Å². The third kappa shape index (κ3) is 4.49. The third-order valence-electron chi connectivity index (χ3n) is 2.84. The molecule has 2 aromatic rings. The van der Waals surface area contributed by atoms with Crippen molar-refractivity contribution in [3.63, 3.8) is 0 Å². The Balaban J connectivity index is 1.71. The van der Waals surface area contributed by atoms with Crippen molar-refractivity contribution in [3.05, 3.63) is 42.5 Å². The zero-order valence-electron chi connectivity index (χ0n) is 11.5. The second-order valence-corrected chi connectivity index (χ2v) is 4.27. The Bertz CT molecular complexity index is 507. The van der Waals surface area contributed by atoms with Gasteiger partial charge in [-0.1, -0.05) is 36.4 Å². The van der Waals surface area contributed by atoms with Crippen molar-refractivity contribution < 1.29 is 19.3 Å². The van der Waals surface area contributed by atoms with Crippen LogP contribution in [0.25, 0.3) is 10.8 Å². The van der Waals surface area contributed by atoms with Gasteiger partial charge in [0.15, 0.2) is 0 Å².